The smallest absolute Gasteiger partial charge is 0.136 e. The first kappa shape index (κ1) is 11.3. The molecule has 0 unspecified atom stereocenters. The number of hydrogen-bond donors (Lipinski definition) is 0. The topological polar surface area (TPSA) is 13.1 Å². The molecule has 0 radical (unpaired) electrons. The lowest BCUT2D eigenvalue weighted by molar-refractivity contribution is 0.669. The second kappa shape index (κ2) is 3.99. The van der Waals surface area contributed by atoms with Crippen LogP contribution >= 0.6 is 27.5 Å². The van der Waals surface area contributed by atoms with Gasteiger partial charge in [0, 0.05) is 20.3 Å². The Hall–Kier alpha value is -1.51. The molecule has 1 heterocycles. The fourth-order valence-electron chi connectivity index (χ4n) is 2.57. The predicted molar refractivity (Wildman–Crippen MR) is 83.9 cm³/mol. The van der Waals surface area contributed by atoms with Gasteiger partial charge in [0.15, 0.2) is 0 Å². The predicted octanol–water partition coefficient (Wildman–Crippen LogP) is 6.16. The quantitative estimate of drug-likeness (QED) is 0.376. The molecule has 0 bridgehead atoms. The average molecular weight is 332 g/mol. The Labute approximate surface area is 122 Å². The van der Waals surface area contributed by atoms with E-state index < -0.39 is 0 Å². The van der Waals surface area contributed by atoms with Crippen molar-refractivity contribution in [3.05, 3.63) is 58.0 Å². The number of rotatable bonds is 0. The maximum absolute atomic E-state index is 6.13. The highest BCUT2D eigenvalue weighted by Crippen LogP contribution is 2.38. The lowest BCUT2D eigenvalue weighted by atomic mass is 10.0. The van der Waals surface area contributed by atoms with E-state index >= 15 is 0 Å². The second-order valence-corrected chi connectivity index (χ2v) is 5.81. The van der Waals surface area contributed by atoms with Gasteiger partial charge >= 0.3 is 0 Å². The van der Waals surface area contributed by atoms with Crippen LogP contribution in [-0.2, 0) is 0 Å². The molecule has 0 atom stereocenters. The highest BCUT2D eigenvalue weighted by Gasteiger charge is 2.12. The molecule has 1 aromatic heterocycles. The van der Waals surface area contributed by atoms with Crippen LogP contribution in [0.4, 0.5) is 0 Å². The van der Waals surface area contributed by atoms with Crippen molar-refractivity contribution < 1.29 is 4.42 Å². The maximum Gasteiger partial charge on any atom is 0.136 e. The summed E-state index contributed by atoms with van der Waals surface area (Å²) in [5.74, 6) is 0. The SMILES string of the molecule is Clc1ccc2ccc3oc4cccc(Br)c4c3c2c1. The average Bonchev–Trinajstić information content (AvgIpc) is 2.78. The summed E-state index contributed by atoms with van der Waals surface area (Å²) >= 11 is 9.74. The molecular formula is C16H8BrClO. The Morgan fingerprint density at radius 2 is 1.68 bits per heavy atom. The molecule has 0 fully saturated rings. The Morgan fingerprint density at radius 1 is 0.895 bits per heavy atom. The van der Waals surface area contributed by atoms with Crippen LogP contribution in [0.1, 0.15) is 0 Å². The van der Waals surface area contributed by atoms with E-state index in [1.807, 2.05) is 42.5 Å². The van der Waals surface area contributed by atoms with Gasteiger partial charge < -0.3 is 4.42 Å². The minimum absolute atomic E-state index is 0.737. The van der Waals surface area contributed by atoms with Gasteiger partial charge in [-0.05, 0) is 41.1 Å². The summed E-state index contributed by atoms with van der Waals surface area (Å²) in [5.41, 5.74) is 1.77. The van der Waals surface area contributed by atoms with E-state index in [-0.39, 0.29) is 0 Å². The minimum Gasteiger partial charge on any atom is -0.456 e. The minimum atomic E-state index is 0.737. The fourth-order valence-corrected chi connectivity index (χ4v) is 3.28. The molecule has 0 spiro atoms. The third-order valence-electron chi connectivity index (χ3n) is 3.39. The van der Waals surface area contributed by atoms with Crippen LogP contribution in [-0.4, -0.2) is 0 Å². The van der Waals surface area contributed by atoms with Crippen LogP contribution in [0.15, 0.2) is 57.4 Å². The lowest BCUT2D eigenvalue weighted by Gasteiger charge is -2.01. The van der Waals surface area contributed by atoms with Gasteiger partial charge in [-0.15, -0.1) is 0 Å². The standard InChI is InChI=1S/C16H8BrClO/c17-12-2-1-3-13-16(12)15-11-8-10(18)6-4-9(11)5-7-14(15)19-13/h1-8H. The number of hydrogen-bond acceptors (Lipinski definition) is 1. The molecule has 19 heavy (non-hydrogen) atoms. The molecule has 0 aliphatic carbocycles. The molecule has 4 rings (SSSR count). The van der Waals surface area contributed by atoms with E-state index in [1.54, 1.807) is 0 Å². The van der Waals surface area contributed by atoms with E-state index in [0.717, 1.165) is 42.2 Å². The molecule has 0 aliphatic heterocycles. The van der Waals surface area contributed by atoms with Crippen molar-refractivity contribution in [2.75, 3.05) is 0 Å². The lowest BCUT2D eigenvalue weighted by Crippen LogP contribution is -1.75. The summed E-state index contributed by atoms with van der Waals surface area (Å²) in [6.45, 7) is 0. The van der Waals surface area contributed by atoms with E-state index in [2.05, 4.69) is 22.0 Å². The van der Waals surface area contributed by atoms with Gasteiger partial charge in [0.05, 0.1) is 0 Å². The molecule has 92 valence electrons. The van der Waals surface area contributed by atoms with Gasteiger partial charge in [0.2, 0.25) is 0 Å². The summed E-state index contributed by atoms with van der Waals surface area (Å²) in [4.78, 5) is 0. The van der Waals surface area contributed by atoms with Gasteiger partial charge in [-0.3, -0.25) is 0 Å². The molecule has 0 saturated carbocycles. The highest BCUT2D eigenvalue weighted by atomic mass is 79.9. The number of halogens is 2. The van der Waals surface area contributed by atoms with E-state index in [9.17, 15) is 0 Å². The van der Waals surface area contributed by atoms with Crippen molar-refractivity contribution in [1.29, 1.82) is 0 Å². The zero-order chi connectivity index (χ0) is 13.0. The number of fused-ring (bicyclic) bond motifs is 5. The third kappa shape index (κ3) is 1.60. The summed E-state index contributed by atoms with van der Waals surface area (Å²) in [6, 6.07) is 16.0. The Kier molecular flexibility index (Phi) is 2.38. The second-order valence-electron chi connectivity index (χ2n) is 4.52. The molecular weight excluding hydrogens is 324 g/mol. The van der Waals surface area contributed by atoms with E-state index in [4.69, 9.17) is 16.0 Å². The molecule has 3 heteroatoms. The Balaban J connectivity index is 2.37. The summed E-state index contributed by atoms with van der Waals surface area (Å²) in [6.07, 6.45) is 0. The first-order valence-corrected chi connectivity index (χ1v) is 7.10. The number of furan rings is 1. The van der Waals surface area contributed by atoms with Crippen molar-refractivity contribution in [3.63, 3.8) is 0 Å². The Morgan fingerprint density at radius 3 is 2.58 bits per heavy atom. The monoisotopic (exact) mass is 330 g/mol. The van der Waals surface area contributed by atoms with E-state index in [1.165, 1.54) is 0 Å². The van der Waals surface area contributed by atoms with Crippen molar-refractivity contribution in [2.45, 2.75) is 0 Å². The zero-order valence-corrected chi connectivity index (χ0v) is 12.1. The molecule has 4 aromatic rings. The number of benzene rings is 3. The third-order valence-corrected chi connectivity index (χ3v) is 4.29. The maximum atomic E-state index is 6.13. The van der Waals surface area contributed by atoms with Crippen LogP contribution in [0.3, 0.4) is 0 Å². The largest absolute Gasteiger partial charge is 0.456 e. The zero-order valence-electron chi connectivity index (χ0n) is 9.78. The first-order chi connectivity index (χ1) is 9.24. The summed E-state index contributed by atoms with van der Waals surface area (Å²) in [5, 5.41) is 5.24. The van der Waals surface area contributed by atoms with Crippen LogP contribution in [0.5, 0.6) is 0 Å². The van der Waals surface area contributed by atoms with Crippen molar-refractivity contribution in [1.82, 2.24) is 0 Å². The highest BCUT2D eigenvalue weighted by molar-refractivity contribution is 9.10. The fraction of sp³-hybridized carbons (Fsp3) is 0. The molecule has 0 aliphatic rings. The molecule has 0 N–H and O–H groups in total. The van der Waals surface area contributed by atoms with E-state index in [0.29, 0.717) is 0 Å². The molecule has 0 amide bonds. The van der Waals surface area contributed by atoms with Crippen LogP contribution in [0, 0.1) is 0 Å². The normalized spacial score (nSPS) is 11.7. The van der Waals surface area contributed by atoms with Crippen LogP contribution in [0.25, 0.3) is 32.7 Å². The van der Waals surface area contributed by atoms with Gasteiger partial charge in [-0.1, -0.05) is 45.7 Å². The summed E-state index contributed by atoms with van der Waals surface area (Å²) < 4.78 is 6.95. The van der Waals surface area contributed by atoms with Crippen LogP contribution in [0.2, 0.25) is 5.02 Å². The van der Waals surface area contributed by atoms with Gasteiger partial charge in [0.25, 0.3) is 0 Å². The first-order valence-electron chi connectivity index (χ1n) is 5.93. The van der Waals surface area contributed by atoms with Crippen molar-refractivity contribution >= 4 is 60.2 Å². The summed E-state index contributed by atoms with van der Waals surface area (Å²) in [7, 11) is 0. The molecule has 0 saturated heterocycles. The Bertz CT molecular complexity index is 940. The van der Waals surface area contributed by atoms with Crippen LogP contribution < -0.4 is 0 Å². The van der Waals surface area contributed by atoms with Gasteiger partial charge in [-0.25, -0.2) is 0 Å². The van der Waals surface area contributed by atoms with Crippen molar-refractivity contribution in [3.8, 4) is 0 Å². The van der Waals surface area contributed by atoms with Crippen molar-refractivity contribution in [2.24, 2.45) is 0 Å². The molecule has 1 nitrogen and oxygen atoms in total. The molecule has 3 aromatic carbocycles. The van der Waals surface area contributed by atoms with Gasteiger partial charge in [0.1, 0.15) is 11.2 Å². The van der Waals surface area contributed by atoms with Gasteiger partial charge in [-0.2, -0.15) is 0 Å².